The highest BCUT2D eigenvalue weighted by Gasteiger charge is 2.14. The largest absolute Gasteiger partial charge is 0.289 e. The van der Waals surface area contributed by atoms with Crippen molar-refractivity contribution in [1.29, 1.82) is 0 Å². The van der Waals surface area contributed by atoms with Gasteiger partial charge in [0.15, 0.2) is 5.78 Å². The average molecular weight is 443 g/mol. The summed E-state index contributed by atoms with van der Waals surface area (Å²) in [4.78, 5) is 22.7. The number of carbonyl (C=O) groups excluding carboxylic acids is 1. The maximum atomic E-state index is 12.4. The molecule has 0 radical (unpaired) electrons. The maximum absolute atomic E-state index is 12.4. The molecule has 0 aliphatic carbocycles. The number of nitrogens with zero attached hydrogens (tertiary/aromatic N) is 1. The molecule has 3 aromatic rings. The lowest BCUT2D eigenvalue weighted by molar-refractivity contribution is -0.384. The van der Waals surface area contributed by atoms with Crippen molar-refractivity contribution in [1.82, 2.24) is 0 Å². The van der Waals surface area contributed by atoms with Gasteiger partial charge in [-0.2, -0.15) is 0 Å². The second-order valence-corrected chi connectivity index (χ2v) is 8.31. The van der Waals surface area contributed by atoms with Crippen molar-refractivity contribution in [2.75, 3.05) is 4.72 Å². The van der Waals surface area contributed by atoms with Gasteiger partial charge in [0.1, 0.15) is 0 Å². The van der Waals surface area contributed by atoms with E-state index in [1.54, 1.807) is 6.07 Å². The van der Waals surface area contributed by atoms with E-state index in [-0.39, 0.29) is 16.4 Å². The molecule has 0 saturated carbocycles. The number of benzene rings is 3. The van der Waals surface area contributed by atoms with E-state index >= 15 is 0 Å². The van der Waals surface area contributed by atoms with Crippen molar-refractivity contribution in [2.24, 2.45) is 0 Å². The lowest BCUT2D eigenvalue weighted by atomic mass is 10.1. The van der Waals surface area contributed by atoms with Crippen LogP contribution in [0.2, 0.25) is 5.02 Å². The normalized spacial score (nSPS) is 11.4. The summed E-state index contributed by atoms with van der Waals surface area (Å²) in [5, 5.41) is 11.2. The fourth-order valence-corrected chi connectivity index (χ4v) is 3.73. The predicted octanol–water partition coefficient (Wildman–Crippen LogP) is 4.95. The topological polar surface area (TPSA) is 106 Å². The molecule has 0 bridgehead atoms. The van der Waals surface area contributed by atoms with Crippen molar-refractivity contribution in [3.8, 4) is 0 Å². The summed E-state index contributed by atoms with van der Waals surface area (Å²) >= 11 is 5.77. The van der Waals surface area contributed by atoms with Crippen molar-refractivity contribution in [2.45, 2.75) is 4.90 Å². The number of sulfonamides is 1. The zero-order valence-electron chi connectivity index (χ0n) is 15.4. The van der Waals surface area contributed by atoms with Crippen molar-refractivity contribution < 1.29 is 18.1 Å². The highest BCUT2D eigenvalue weighted by molar-refractivity contribution is 7.92. The smallest absolute Gasteiger partial charge is 0.270 e. The molecule has 9 heteroatoms. The Morgan fingerprint density at radius 3 is 2.30 bits per heavy atom. The third-order valence-electron chi connectivity index (χ3n) is 4.05. The number of rotatable bonds is 7. The highest BCUT2D eigenvalue weighted by Crippen LogP contribution is 2.19. The van der Waals surface area contributed by atoms with Gasteiger partial charge in [0.05, 0.1) is 9.82 Å². The lowest BCUT2D eigenvalue weighted by Crippen LogP contribution is -2.12. The Morgan fingerprint density at radius 2 is 1.67 bits per heavy atom. The number of carbonyl (C=O) groups is 1. The van der Waals surface area contributed by atoms with Crippen LogP contribution < -0.4 is 4.72 Å². The van der Waals surface area contributed by atoms with Crippen molar-refractivity contribution in [3.63, 3.8) is 0 Å². The number of anilines is 1. The minimum absolute atomic E-state index is 0.0620. The molecular formula is C21H15ClN2O5S. The van der Waals surface area contributed by atoms with Gasteiger partial charge in [0, 0.05) is 28.4 Å². The van der Waals surface area contributed by atoms with Crippen LogP contribution in [0.5, 0.6) is 0 Å². The second-order valence-electron chi connectivity index (χ2n) is 6.19. The van der Waals surface area contributed by atoms with Gasteiger partial charge in [-0.1, -0.05) is 29.8 Å². The number of nitro benzene ring substituents is 1. The van der Waals surface area contributed by atoms with Crippen LogP contribution in [0.3, 0.4) is 0 Å². The van der Waals surface area contributed by atoms with Gasteiger partial charge in [0.2, 0.25) is 0 Å². The van der Waals surface area contributed by atoms with Crippen LogP contribution >= 0.6 is 11.6 Å². The Hall–Kier alpha value is -3.49. The number of non-ortho nitro benzene ring substituents is 1. The molecule has 1 N–H and O–H groups in total. The molecule has 7 nitrogen and oxygen atoms in total. The standard InChI is InChI=1S/C21H15ClN2O5S/c22-17-7-11-20(12-8-17)30(28,29)23-18-9-5-16(6-10-18)21(25)13-4-15-2-1-3-19(14-15)24(26)27/h1-14,23H/b13-4+. The van der Waals surface area contributed by atoms with Crippen LogP contribution in [0.4, 0.5) is 11.4 Å². The van der Waals surface area contributed by atoms with Gasteiger partial charge < -0.3 is 0 Å². The average Bonchev–Trinajstić information content (AvgIpc) is 2.73. The first kappa shape index (κ1) is 21.2. The molecule has 0 aromatic heterocycles. The number of hydrogen-bond donors (Lipinski definition) is 1. The minimum Gasteiger partial charge on any atom is -0.289 e. The molecular weight excluding hydrogens is 428 g/mol. The molecule has 0 heterocycles. The Labute approximate surface area is 177 Å². The SMILES string of the molecule is O=C(/C=C/c1cccc([N+](=O)[O-])c1)c1ccc(NS(=O)(=O)c2ccc(Cl)cc2)cc1. The summed E-state index contributed by atoms with van der Waals surface area (Å²) in [7, 11) is -3.78. The molecule has 0 spiro atoms. The van der Waals surface area contributed by atoms with E-state index in [9.17, 15) is 23.3 Å². The lowest BCUT2D eigenvalue weighted by Gasteiger charge is -2.08. The fourth-order valence-electron chi connectivity index (χ4n) is 2.54. The van der Waals surface area contributed by atoms with E-state index in [0.717, 1.165) is 0 Å². The van der Waals surface area contributed by atoms with E-state index in [0.29, 0.717) is 21.8 Å². The van der Waals surface area contributed by atoms with Crippen LogP contribution in [0.15, 0.2) is 83.8 Å². The van der Waals surface area contributed by atoms with Crippen LogP contribution in [-0.2, 0) is 10.0 Å². The Balaban J connectivity index is 1.70. The summed E-state index contributed by atoms with van der Waals surface area (Å²) in [6.07, 6.45) is 2.78. The van der Waals surface area contributed by atoms with Crippen LogP contribution in [-0.4, -0.2) is 19.1 Å². The van der Waals surface area contributed by atoms with E-state index in [1.807, 2.05) is 0 Å². The van der Waals surface area contributed by atoms with Gasteiger partial charge in [0.25, 0.3) is 15.7 Å². The number of ketones is 1. The second kappa shape index (κ2) is 8.89. The van der Waals surface area contributed by atoms with E-state index in [2.05, 4.69) is 4.72 Å². The molecule has 152 valence electrons. The monoisotopic (exact) mass is 442 g/mol. The van der Waals surface area contributed by atoms with E-state index in [4.69, 9.17) is 11.6 Å². The third-order valence-corrected chi connectivity index (χ3v) is 5.70. The van der Waals surface area contributed by atoms with Crippen molar-refractivity contribution in [3.05, 3.63) is 105 Å². The van der Waals surface area contributed by atoms with Gasteiger partial charge in [-0.15, -0.1) is 0 Å². The number of nitrogens with one attached hydrogen (secondary N) is 1. The summed E-state index contributed by atoms with van der Waals surface area (Å²) in [6, 6.07) is 17.6. The molecule has 0 saturated heterocycles. The molecule has 0 aliphatic heterocycles. The predicted molar refractivity (Wildman–Crippen MR) is 115 cm³/mol. The number of hydrogen-bond acceptors (Lipinski definition) is 5. The molecule has 3 rings (SSSR count). The Morgan fingerprint density at radius 1 is 1.00 bits per heavy atom. The Kier molecular flexibility index (Phi) is 6.29. The maximum Gasteiger partial charge on any atom is 0.270 e. The number of allylic oxidation sites excluding steroid dienone is 1. The van der Waals surface area contributed by atoms with Gasteiger partial charge >= 0.3 is 0 Å². The molecule has 0 amide bonds. The molecule has 30 heavy (non-hydrogen) atoms. The van der Waals surface area contributed by atoms with Gasteiger partial charge in [-0.05, 0) is 60.2 Å². The molecule has 0 atom stereocenters. The van der Waals surface area contributed by atoms with Crippen LogP contribution in [0, 0.1) is 10.1 Å². The zero-order valence-corrected chi connectivity index (χ0v) is 16.9. The van der Waals surface area contributed by atoms with Crippen LogP contribution in [0.1, 0.15) is 15.9 Å². The first-order valence-electron chi connectivity index (χ1n) is 8.60. The first-order valence-corrected chi connectivity index (χ1v) is 10.5. The highest BCUT2D eigenvalue weighted by atomic mass is 35.5. The zero-order chi connectivity index (χ0) is 21.7. The van der Waals surface area contributed by atoms with Gasteiger partial charge in [-0.3, -0.25) is 19.6 Å². The van der Waals surface area contributed by atoms with Crippen LogP contribution in [0.25, 0.3) is 6.08 Å². The first-order chi connectivity index (χ1) is 14.2. The number of nitro groups is 1. The summed E-state index contributed by atoms with van der Waals surface area (Å²) in [5.41, 5.74) is 1.09. The molecule has 3 aromatic carbocycles. The molecule has 0 unspecified atom stereocenters. The fraction of sp³-hybridized carbons (Fsp3) is 0. The van der Waals surface area contributed by atoms with Crippen molar-refractivity contribution >= 4 is 44.9 Å². The minimum atomic E-state index is -3.78. The Bertz CT molecular complexity index is 1220. The molecule has 0 fully saturated rings. The number of halogens is 1. The third kappa shape index (κ3) is 5.31. The molecule has 0 aliphatic rings. The van der Waals surface area contributed by atoms with Gasteiger partial charge in [-0.25, -0.2) is 8.42 Å². The summed E-state index contributed by atoms with van der Waals surface area (Å²) in [6.45, 7) is 0. The summed E-state index contributed by atoms with van der Waals surface area (Å²) in [5.74, 6) is -0.325. The van der Waals surface area contributed by atoms with E-state index in [1.165, 1.54) is 78.9 Å². The van der Waals surface area contributed by atoms with E-state index < -0.39 is 14.9 Å². The quantitative estimate of drug-likeness (QED) is 0.241. The summed E-state index contributed by atoms with van der Waals surface area (Å²) < 4.78 is 27.2.